The molecule has 0 saturated heterocycles. The van der Waals surface area contributed by atoms with Gasteiger partial charge in [0, 0.05) is 19.6 Å². The molecule has 1 fully saturated rings. The van der Waals surface area contributed by atoms with Crippen LogP contribution in [-0.4, -0.2) is 32.6 Å². The molecule has 0 heterocycles. The Bertz CT molecular complexity index is 460. The molecule has 0 spiro atoms. The van der Waals surface area contributed by atoms with Gasteiger partial charge in [0.05, 0.1) is 12.2 Å². The van der Waals surface area contributed by atoms with E-state index in [-0.39, 0.29) is 18.3 Å². The molecule has 1 aliphatic rings. The quantitative estimate of drug-likeness (QED) is 0.814. The number of carbonyl (C=O) groups excluding carboxylic acids is 1. The first-order chi connectivity index (χ1) is 9.11. The van der Waals surface area contributed by atoms with Crippen molar-refractivity contribution in [1.82, 2.24) is 10.6 Å². The Balaban J connectivity index is 2.07. The van der Waals surface area contributed by atoms with Crippen LogP contribution in [0, 0.1) is 5.82 Å². The SMILES string of the molecule is CNCc1cccc(F)c1N(C)CC(=O)NC1CC1. The summed E-state index contributed by atoms with van der Waals surface area (Å²) in [7, 11) is 3.55. The Labute approximate surface area is 113 Å². The van der Waals surface area contributed by atoms with E-state index >= 15 is 0 Å². The number of nitrogens with zero attached hydrogens (tertiary/aromatic N) is 1. The molecular formula is C14H20FN3O. The van der Waals surface area contributed by atoms with Crippen LogP contribution in [0.5, 0.6) is 0 Å². The van der Waals surface area contributed by atoms with Gasteiger partial charge in [-0.25, -0.2) is 4.39 Å². The topological polar surface area (TPSA) is 44.4 Å². The first-order valence-electron chi connectivity index (χ1n) is 6.54. The van der Waals surface area contributed by atoms with Crippen LogP contribution in [0.25, 0.3) is 0 Å². The molecule has 0 aromatic heterocycles. The van der Waals surface area contributed by atoms with Crippen molar-refractivity contribution in [2.24, 2.45) is 0 Å². The number of para-hydroxylation sites is 1. The lowest BCUT2D eigenvalue weighted by atomic mass is 10.1. The number of hydrogen-bond donors (Lipinski definition) is 2. The molecule has 5 heteroatoms. The highest BCUT2D eigenvalue weighted by Crippen LogP contribution is 2.23. The summed E-state index contributed by atoms with van der Waals surface area (Å²) in [5.74, 6) is -0.349. The fourth-order valence-electron chi connectivity index (χ4n) is 2.12. The van der Waals surface area contributed by atoms with E-state index in [4.69, 9.17) is 0 Å². The predicted octanol–water partition coefficient (Wildman–Crippen LogP) is 1.26. The number of halogens is 1. The second-order valence-corrected chi connectivity index (χ2v) is 4.98. The maximum atomic E-state index is 13.9. The van der Waals surface area contributed by atoms with E-state index in [2.05, 4.69) is 10.6 Å². The van der Waals surface area contributed by atoms with Crippen molar-refractivity contribution in [3.05, 3.63) is 29.6 Å². The van der Waals surface area contributed by atoms with Crippen LogP contribution in [0.1, 0.15) is 18.4 Å². The van der Waals surface area contributed by atoms with Crippen molar-refractivity contribution < 1.29 is 9.18 Å². The number of amides is 1. The standard InChI is InChI=1S/C14H20FN3O/c1-16-8-10-4-3-5-12(15)14(10)18(2)9-13(19)17-11-6-7-11/h3-5,11,16H,6-9H2,1-2H3,(H,17,19). The Morgan fingerprint density at radius 1 is 1.47 bits per heavy atom. The van der Waals surface area contributed by atoms with Gasteiger partial charge in [-0.1, -0.05) is 12.1 Å². The maximum Gasteiger partial charge on any atom is 0.239 e. The summed E-state index contributed by atoms with van der Waals surface area (Å²) in [6.45, 7) is 0.746. The van der Waals surface area contributed by atoms with Crippen LogP contribution in [0.2, 0.25) is 0 Å². The molecule has 4 nitrogen and oxygen atoms in total. The van der Waals surface area contributed by atoms with Gasteiger partial charge >= 0.3 is 0 Å². The van der Waals surface area contributed by atoms with Crippen molar-refractivity contribution in [3.63, 3.8) is 0 Å². The highest BCUT2D eigenvalue weighted by molar-refractivity contribution is 5.82. The largest absolute Gasteiger partial charge is 0.363 e. The number of hydrogen-bond acceptors (Lipinski definition) is 3. The van der Waals surface area contributed by atoms with Crippen molar-refractivity contribution >= 4 is 11.6 Å². The summed E-state index contributed by atoms with van der Waals surface area (Å²) in [5, 5.41) is 5.91. The van der Waals surface area contributed by atoms with Gasteiger partial charge in [0.25, 0.3) is 0 Å². The third kappa shape index (κ3) is 3.67. The van der Waals surface area contributed by atoms with E-state index in [1.54, 1.807) is 18.0 Å². The average molecular weight is 265 g/mol. The van der Waals surface area contributed by atoms with Crippen LogP contribution < -0.4 is 15.5 Å². The minimum atomic E-state index is -0.297. The zero-order chi connectivity index (χ0) is 13.8. The third-order valence-corrected chi connectivity index (χ3v) is 3.14. The molecule has 2 N–H and O–H groups in total. The minimum absolute atomic E-state index is 0.0522. The Morgan fingerprint density at radius 3 is 2.84 bits per heavy atom. The summed E-state index contributed by atoms with van der Waals surface area (Å²) >= 11 is 0. The van der Waals surface area contributed by atoms with Gasteiger partial charge in [-0.2, -0.15) is 0 Å². The van der Waals surface area contributed by atoms with Gasteiger partial charge < -0.3 is 15.5 Å². The molecule has 0 atom stereocenters. The van der Waals surface area contributed by atoms with Crippen LogP contribution in [0.4, 0.5) is 10.1 Å². The van der Waals surface area contributed by atoms with Crippen LogP contribution in [0.3, 0.4) is 0 Å². The molecule has 1 aliphatic carbocycles. The van der Waals surface area contributed by atoms with E-state index in [9.17, 15) is 9.18 Å². The second kappa shape index (κ2) is 6.02. The second-order valence-electron chi connectivity index (χ2n) is 4.98. The number of benzene rings is 1. The number of rotatable bonds is 6. The number of nitrogens with one attached hydrogen (secondary N) is 2. The van der Waals surface area contributed by atoms with Crippen molar-refractivity contribution in [1.29, 1.82) is 0 Å². The number of anilines is 1. The van der Waals surface area contributed by atoms with Gasteiger partial charge in [-0.15, -0.1) is 0 Å². The summed E-state index contributed by atoms with van der Waals surface area (Å²) in [6, 6.07) is 5.30. The molecule has 0 unspecified atom stereocenters. The molecule has 2 rings (SSSR count). The van der Waals surface area contributed by atoms with Crippen LogP contribution >= 0.6 is 0 Å². The Kier molecular flexibility index (Phi) is 4.37. The fourth-order valence-corrected chi connectivity index (χ4v) is 2.12. The highest BCUT2D eigenvalue weighted by Gasteiger charge is 2.24. The average Bonchev–Trinajstić information content (AvgIpc) is 3.13. The van der Waals surface area contributed by atoms with E-state index in [1.807, 2.05) is 13.1 Å². The predicted molar refractivity (Wildman–Crippen MR) is 73.6 cm³/mol. The summed E-state index contributed by atoms with van der Waals surface area (Å²) < 4.78 is 13.9. The van der Waals surface area contributed by atoms with E-state index in [0.29, 0.717) is 18.3 Å². The van der Waals surface area contributed by atoms with Gasteiger partial charge in [0.15, 0.2) is 0 Å². The van der Waals surface area contributed by atoms with Gasteiger partial charge in [-0.05, 0) is 31.5 Å². The Morgan fingerprint density at radius 2 is 2.21 bits per heavy atom. The molecule has 19 heavy (non-hydrogen) atoms. The normalized spacial score (nSPS) is 14.3. The first kappa shape index (κ1) is 13.8. The van der Waals surface area contributed by atoms with Gasteiger partial charge in [-0.3, -0.25) is 4.79 Å². The molecule has 1 amide bonds. The number of carbonyl (C=O) groups is 1. The van der Waals surface area contributed by atoms with E-state index < -0.39 is 0 Å². The summed E-state index contributed by atoms with van der Waals surface area (Å²) in [6.07, 6.45) is 2.11. The van der Waals surface area contributed by atoms with Crippen LogP contribution in [-0.2, 0) is 11.3 Å². The minimum Gasteiger partial charge on any atom is -0.363 e. The van der Waals surface area contributed by atoms with E-state index in [1.165, 1.54) is 6.07 Å². The molecule has 0 bridgehead atoms. The molecule has 1 aromatic carbocycles. The van der Waals surface area contributed by atoms with Gasteiger partial charge in [0.1, 0.15) is 5.82 Å². The monoisotopic (exact) mass is 265 g/mol. The number of likely N-dealkylation sites (N-methyl/N-ethyl adjacent to an activating group) is 1. The maximum absolute atomic E-state index is 13.9. The van der Waals surface area contributed by atoms with Crippen molar-refractivity contribution in [2.45, 2.75) is 25.4 Å². The fraction of sp³-hybridized carbons (Fsp3) is 0.500. The highest BCUT2D eigenvalue weighted by atomic mass is 19.1. The van der Waals surface area contributed by atoms with E-state index in [0.717, 1.165) is 18.4 Å². The zero-order valence-corrected chi connectivity index (χ0v) is 11.4. The molecule has 104 valence electrons. The summed E-state index contributed by atoms with van der Waals surface area (Å²) in [5.41, 5.74) is 1.34. The zero-order valence-electron chi connectivity index (χ0n) is 11.4. The van der Waals surface area contributed by atoms with Crippen LogP contribution in [0.15, 0.2) is 18.2 Å². The lowest BCUT2D eigenvalue weighted by molar-refractivity contribution is -0.119. The summed E-state index contributed by atoms with van der Waals surface area (Å²) in [4.78, 5) is 13.4. The lowest BCUT2D eigenvalue weighted by Crippen LogP contribution is -2.37. The molecule has 1 saturated carbocycles. The van der Waals surface area contributed by atoms with Gasteiger partial charge in [0.2, 0.25) is 5.91 Å². The van der Waals surface area contributed by atoms with Crippen molar-refractivity contribution in [3.8, 4) is 0 Å². The first-order valence-corrected chi connectivity index (χ1v) is 6.54. The van der Waals surface area contributed by atoms with Crippen molar-refractivity contribution in [2.75, 3.05) is 25.5 Å². The Hall–Kier alpha value is -1.62. The molecular weight excluding hydrogens is 245 g/mol. The molecule has 0 aliphatic heterocycles. The lowest BCUT2D eigenvalue weighted by Gasteiger charge is -2.22. The third-order valence-electron chi connectivity index (χ3n) is 3.14. The molecule has 0 radical (unpaired) electrons. The smallest absolute Gasteiger partial charge is 0.239 e. The molecule has 1 aromatic rings.